The molecule has 1 aliphatic rings. The first-order valence-electron chi connectivity index (χ1n) is 6.55. The van der Waals surface area contributed by atoms with Gasteiger partial charge in [0, 0.05) is 18.6 Å². The molecule has 1 aliphatic heterocycles. The Morgan fingerprint density at radius 2 is 1.59 bits per heavy atom. The van der Waals surface area contributed by atoms with E-state index in [4.69, 9.17) is 0 Å². The summed E-state index contributed by atoms with van der Waals surface area (Å²) < 4.78 is 0. The molecule has 0 aliphatic carbocycles. The molecule has 0 aromatic heterocycles. The largest absolute Gasteiger partial charge is 0.298 e. The summed E-state index contributed by atoms with van der Waals surface area (Å²) in [6.07, 6.45) is 4.79. The summed E-state index contributed by atoms with van der Waals surface area (Å²) in [6.45, 7) is 9.31. The van der Waals surface area contributed by atoms with E-state index in [1.54, 1.807) is 5.57 Å². The first-order valence-corrected chi connectivity index (χ1v) is 6.55. The number of hydrogen-bond acceptors (Lipinski definition) is 1. The van der Waals surface area contributed by atoms with Gasteiger partial charge in [0.1, 0.15) is 0 Å². The number of hydrogen-bond donors (Lipinski definition) is 0. The van der Waals surface area contributed by atoms with Crippen molar-refractivity contribution in [1.29, 1.82) is 0 Å². The van der Waals surface area contributed by atoms with Crippen molar-refractivity contribution in [2.45, 2.75) is 39.2 Å². The van der Waals surface area contributed by atoms with Crippen LogP contribution in [0.3, 0.4) is 0 Å². The topological polar surface area (TPSA) is 3.24 Å². The Morgan fingerprint density at radius 3 is 2.12 bits per heavy atom. The lowest BCUT2D eigenvalue weighted by atomic mass is 9.96. The quantitative estimate of drug-likeness (QED) is 0.704. The van der Waals surface area contributed by atoms with E-state index in [2.05, 4.69) is 62.1 Å². The van der Waals surface area contributed by atoms with Gasteiger partial charge in [0.25, 0.3) is 0 Å². The van der Waals surface area contributed by atoms with Gasteiger partial charge in [-0.05, 0) is 39.2 Å². The molecule has 92 valence electrons. The van der Waals surface area contributed by atoms with Gasteiger partial charge in [-0.1, -0.05) is 42.0 Å². The number of nitrogens with zero attached hydrogens (tertiary/aromatic N) is 1. The van der Waals surface area contributed by atoms with E-state index in [1.807, 2.05) is 0 Å². The molecule has 0 bridgehead atoms. The van der Waals surface area contributed by atoms with Crippen LogP contribution in [0.1, 0.15) is 39.2 Å². The molecule has 1 aromatic rings. The molecular formula is C16H23N. The van der Waals surface area contributed by atoms with Gasteiger partial charge in [0.05, 0.1) is 0 Å². The maximum absolute atomic E-state index is 2.58. The van der Waals surface area contributed by atoms with Crippen molar-refractivity contribution >= 4 is 6.08 Å². The third-order valence-electron chi connectivity index (χ3n) is 3.52. The maximum Gasteiger partial charge on any atom is 0.0125 e. The van der Waals surface area contributed by atoms with E-state index in [0.29, 0.717) is 5.54 Å². The first kappa shape index (κ1) is 12.4. The molecule has 0 spiro atoms. The van der Waals surface area contributed by atoms with Gasteiger partial charge in [-0.2, -0.15) is 0 Å². The number of likely N-dealkylation sites (tertiary alicyclic amines) is 1. The summed E-state index contributed by atoms with van der Waals surface area (Å²) in [5.74, 6) is 0. The van der Waals surface area contributed by atoms with Crippen molar-refractivity contribution in [2.24, 2.45) is 0 Å². The number of piperidine rings is 1. The summed E-state index contributed by atoms with van der Waals surface area (Å²) in [7, 11) is 0. The molecule has 1 saturated heterocycles. The monoisotopic (exact) mass is 229 g/mol. The SMILES string of the molecule is CC(C)(C)N1CCC(=Cc2ccccc2)CC1. The summed E-state index contributed by atoms with van der Waals surface area (Å²) in [4.78, 5) is 2.58. The third-order valence-corrected chi connectivity index (χ3v) is 3.52. The predicted molar refractivity (Wildman–Crippen MR) is 75.0 cm³/mol. The van der Waals surface area contributed by atoms with E-state index >= 15 is 0 Å². The van der Waals surface area contributed by atoms with E-state index in [-0.39, 0.29) is 0 Å². The predicted octanol–water partition coefficient (Wildman–Crippen LogP) is 3.96. The number of rotatable bonds is 1. The highest BCUT2D eigenvalue weighted by molar-refractivity contribution is 5.52. The Balaban J connectivity index is 1.98. The summed E-state index contributed by atoms with van der Waals surface area (Å²) in [5, 5.41) is 0. The van der Waals surface area contributed by atoms with Gasteiger partial charge in [0.2, 0.25) is 0 Å². The zero-order chi connectivity index (χ0) is 12.3. The van der Waals surface area contributed by atoms with Gasteiger partial charge in [-0.3, -0.25) is 4.90 Å². The Labute approximate surface area is 105 Å². The van der Waals surface area contributed by atoms with Crippen molar-refractivity contribution in [1.82, 2.24) is 4.90 Å². The van der Waals surface area contributed by atoms with Crippen molar-refractivity contribution in [2.75, 3.05) is 13.1 Å². The third kappa shape index (κ3) is 3.44. The minimum absolute atomic E-state index is 0.318. The van der Waals surface area contributed by atoms with Gasteiger partial charge >= 0.3 is 0 Å². The summed E-state index contributed by atoms with van der Waals surface area (Å²) in [6, 6.07) is 10.7. The average molecular weight is 229 g/mol. The van der Waals surface area contributed by atoms with Crippen molar-refractivity contribution in [3.63, 3.8) is 0 Å². The number of benzene rings is 1. The fraction of sp³-hybridized carbons (Fsp3) is 0.500. The van der Waals surface area contributed by atoms with E-state index in [1.165, 1.54) is 31.5 Å². The fourth-order valence-corrected chi connectivity index (χ4v) is 2.39. The zero-order valence-corrected chi connectivity index (χ0v) is 11.2. The second-order valence-electron chi connectivity index (χ2n) is 5.87. The molecule has 1 aromatic carbocycles. The standard InChI is InChI=1S/C16H23N/c1-16(2,3)17-11-9-15(10-12-17)13-14-7-5-4-6-8-14/h4-8,13H,9-12H2,1-3H3. The fourth-order valence-electron chi connectivity index (χ4n) is 2.39. The van der Waals surface area contributed by atoms with Crippen LogP contribution in [0.5, 0.6) is 0 Å². The lowest BCUT2D eigenvalue weighted by Crippen LogP contribution is -2.44. The van der Waals surface area contributed by atoms with Crippen LogP contribution >= 0.6 is 0 Å². The van der Waals surface area contributed by atoms with Gasteiger partial charge in [-0.15, -0.1) is 0 Å². The highest BCUT2D eigenvalue weighted by atomic mass is 15.2. The molecule has 0 amide bonds. The average Bonchev–Trinajstić information content (AvgIpc) is 2.30. The van der Waals surface area contributed by atoms with Crippen molar-refractivity contribution in [3.8, 4) is 0 Å². The minimum Gasteiger partial charge on any atom is -0.298 e. The van der Waals surface area contributed by atoms with Crippen LogP contribution in [-0.2, 0) is 0 Å². The molecule has 1 heteroatoms. The van der Waals surface area contributed by atoms with Gasteiger partial charge < -0.3 is 0 Å². The zero-order valence-electron chi connectivity index (χ0n) is 11.2. The Kier molecular flexibility index (Phi) is 3.68. The van der Waals surface area contributed by atoms with Crippen LogP contribution in [0.15, 0.2) is 35.9 Å². The Morgan fingerprint density at radius 1 is 1.00 bits per heavy atom. The lowest BCUT2D eigenvalue weighted by Gasteiger charge is -2.39. The van der Waals surface area contributed by atoms with Crippen LogP contribution in [0.2, 0.25) is 0 Å². The van der Waals surface area contributed by atoms with Crippen LogP contribution < -0.4 is 0 Å². The van der Waals surface area contributed by atoms with Gasteiger partial charge in [-0.25, -0.2) is 0 Å². The Bertz CT molecular complexity index is 374. The molecule has 0 unspecified atom stereocenters. The highest BCUT2D eigenvalue weighted by Gasteiger charge is 2.23. The summed E-state index contributed by atoms with van der Waals surface area (Å²) >= 11 is 0. The molecule has 1 fully saturated rings. The van der Waals surface area contributed by atoms with Gasteiger partial charge in [0.15, 0.2) is 0 Å². The molecule has 1 heterocycles. The van der Waals surface area contributed by atoms with Crippen molar-refractivity contribution in [3.05, 3.63) is 41.5 Å². The minimum atomic E-state index is 0.318. The van der Waals surface area contributed by atoms with Crippen LogP contribution in [-0.4, -0.2) is 23.5 Å². The molecule has 1 nitrogen and oxygen atoms in total. The normalized spacial score (nSPS) is 18.2. The molecule has 0 atom stereocenters. The summed E-state index contributed by atoms with van der Waals surface area (Å²) in [5.41, 5.74) is 3.25. The van der Waals surface area contributed by atoms with E-state index in [9.17, 15) is 0 Å². The molecule has 0 radical (unpaired) electrons. The molecule has 2 rings (SSSR count). The van der Waals surface area contributed by atoms with Crippen molar-refractivity contribution < 1.29 is 0 Å². The van der Waals surface area contributed by atoms with E-state index in [0.717, 1.165) is 0 Å². The van der Waals surface area contributed by atoms with Crippen LogP contribution in [0.25, 0.3) is 6.08 Å². The van der Waals surface area contributed by atoms with Crippen LogP contribution in [0.4, 0.5) is 0 Å². The van der Waals surface area contributed by atoms with Crippen LogP contribution in [0, 0.1) is 0 Å². The smallest absolute Gasteiger partial charge is 0.0125 e. The maximum atomic E-state index is 2.58. The molecule has 17 heavy (non-hydrogen) atoms. The molecular weight excluding hydrogens is 206 g/mol. The lowest BCUT2D eigenvalue weighted by molar-refractivity contribution is 0.126. The molecule has 0 saturated carbocycles. The Hall–Kier alpha value is -1.08. The second-order valence-corrected chi connectivity index (χ2v) is 5.87. The molecule has 0 N–H and O–H groups in total. The second kappa shape index (κ2) is 5.05. The van der Waals surface area contributed by atoms with E-state index < -0.39 is 0 Å². The highest BCUT2D eigenvalue weighted by Crippen LogP contribution is 2.24. The first-order chi connectivity index (χ1) is 8.05.